The maximum Gasteiger partial charge on any atom is 0.324 e. The number of carbonyl (C=O) groups excluding carboxylic acids is 2. The number of carbonyl (C=O) groups is 2. The van der Waals surface area contributed by atoms with Gasteiger partial charge < -0.3 is 15.5 Å². The van der Waals surface area contributed by atoms with Crippen molar-refractivity contribution in [3.63, 3.8) is 0 Å². The van der Waals surface area contributed by atoms with Gasteiger partial charge in [-0.1, -0.05) is 0 Å². The van der Waals surface area contributed by atoms with Crippen molar-refractivity contribution < 1.29 is 18.0 Å². The van der Waals surface area contributed by atoms with E-state index in [0.717, 1.165) is 11.1 Å². The number of sulfone groups is 1. The zero-order valence-corrected chi connectivity index (χ0v) is 13.9. The van der Waals surface area contributed by atoms with Gasteiger partial charge in [-0.25, -0.2) is 18.0 Å². The van der Waals surface area contributed by atoms with E-state index in [9.17, 15) is 18.0 Å². The maximum absolute atomic E-state index is 11.9. The summed E-state index contributed by atoms with van der Waals surface area (Å²) >= 11 is 0. The molecule has 1 fully saturated rings. The first kappa shape index (κ1) is 16.3. The van der Waals surface area contributed by atoms with Crippen molar-refractivity contribution in [3.05, 3.63) is 35.7 Å². The van der Waals surface area contributed by atoms with Gasteiger partial charge in [0.15, 0.2) is 9.84 Å². The molecule has 2 N–H and O–H groups in total. The van der Waals surface area contributed by atoms with Gasteiger partial charge in [0, 0.05) is 36.9 Å². The van der Waals surface area contributed by atoms with Gasteiger partial charge in [0.05, 0.1) is 11.8 Å². The highest BCUT2D eigenvalue weighted by atomic mass is 32.2. The fourth-order valence-corrected chi connectivity index (χ4v) is 3.85. The number of nitrogens with one attached hydrogen (secondary N) is 2. The minimum atomic E-state index is -3.20. The SMILES string of the molecule is CN1CCN(c2ccc(NC(=O)N[C@H]3C=CS(=O)(=O)C3)cc2)C1=O. The lowest BCUT2D eigenvalue weighted by atomic mass is 10.2. The van der Waals surface area contributed by atoms with Crippen LogP contribution in [-0.4, -0.2) is 57.3 Å². The predicted molar refractivity (Wildman–Crippen MR) is 90.7 cm³/mol. The second-order valence-corrected chi connectivity index (χ2v) is 7.70. The van der Waals surface area contributed by atoms with Crippen molar-refractivity contribution >= 4 is 33.3 Å². The molecule has 3 rings (SSSR count). The van der Waals surface area contributed by atoms with Crippen LogP contribution < -0.4 is 15.5 Å². The van der Waals surface area contributed by atoms with E-state index in [1.807, 2.05) is 0 Å². The molecular weight excluding hydrogens is 332 g/mol. The van der Waals surface area contributed by atoms with Crippen molar-refractivity contribution in [1.82, 2.24) is 10.2 Å². The summed E-state index contributed by atoms with van der Waals surface area (Å²) in [5, 5.41) is 6.33. The molecule has 1 atom stereocenters. The minimum absolute atomic E-state index is 0.0531. The van der Waals surface area contributed by atoms with Crippen LogP contribution in [0.25, 0.3) is 0 Å². The average Bonchev–Trinajstić information content (AvgIpc) is 3.03. The van der Waals surface area contributed by atoms with Crippen LogP contribution in [-0.2, 0) is 9.84 Å². The normalized spacial score (nSPS) is 22.0. The second-order valence-electron chi connectivity index (χ2n) is 5.77. The molecule has 0 spiro atoms. The van der Waals surface area contributed by atoms with E-state index in [0.29, 0.717) is 18.8 Å². The fourth-order valence-electron chi connectivity index (χ4n) is 2.61. The molecule has 0 bridgehead atoms. The molecule has 1 aromatic rings. The Labute approximate surface area is 140 Å². The van der Waals surface area contributed by atoms with Crippen LogP contribution in [0.1, 0.15) is 0 Å². The predicted octanol–water partition coefficient (Wildman–Crippen LogP) is 0.991. The summed E-state index contributed by atoms with van der Waals surface area (Å²) in [6, 6.07) is 5.85. The lowest BCUT2D eigenvalue weighted by molar-refractivity contribution is 0.229. The van der Waals surface area contributed by atoms with Crippen LogP contribution >= 0.6 is 0 Å². The summed E-state index contributed by atoms with van der Waals surface area (Å²) in [6.45, 7) is 1.31. The summed E-state index contributed by atoms with van der Waals surface area (Å²) in [5.41, 5.74) is 1.32. The van der Waals surface area contributed by atoms with Crippen molar-refractivity contribution in [2.24, 2.45) is 0 Å². The zero-order chi connectivity index (χ0) is 17.3. The topological polar surface area (TPSA) is 98.8 Å². The van der Waals surface area contributed by atoms with E-state index >= 15 is 0 Å². The number of likely N-dealkylation sites (N-methyl/N-ethyl adjacent to an activating group) is 1. The third kappa shape index (κ3) is 3.51. The Bertz CT molecular complexity index is 788. The third-order valence-electron chi connectivity index (χ3n) is 3.90. The molecule has 1 aromatic carbocycles. The maximum atomic E-state index is 11.9. The lowest BCUT2D eigenvalue weighted by Crippen LogP contribution is -2.38. The Morgan fingerprint density at radius 3 is 2.46 bits per heavy atom. The van der Waals surface area contributed by atoms with Gasteiger partial charge in [-0.3, -0.25) is 4.90 Å². The van der Waals surface area contributed by atoms with Gasteiger partial charge in [-0.15, -0.1) is 0 Å². The molecule has 0 radical (unpaired) electrons. The lowest BCUT2D eigenvalue weighted by Gasteiger charge is -2.17. The molecule has 1 saturated heterocycles. The average molecular weight is 350 g/mol. The smallest absolute Gasteiger partial charge is 0.324 e. The molecule has 8 nitrogen and oxygen atoms in total. The minimum Gasteiger partial charge on any atom is -0.331 e. The summed E-state index contributed by atoms with van der Waals surface area (Å²) in [7, 11) is -1.45. The van der Waals surface area contributed by atoms with Crippen LogP contribution in [0.2, 0.25) is 0 Å². The number of anilines is 2. The molecule has 2 aliphatic heterocycles. The molecule has 2 aliphatic rings. The highest BCUT2D eigenvalue weighted by molar-refractivity contribution is 7.94. The molecule has 4 amide bonds. The Morgan fingerprint density at radius 2 is 1.92 bits per heavy atom. The molecule has 128 valence electrons. The summed E-state index contributed by atoms with van der Waals surface area (Å²) in [6.07, 6.45) is 1.45. The van der Waals surface area contributed by atoms with E-state index in [1.165, 1.54) is 6.08 Å². The van der Waals surface area contributed by atoms with Crippen LogP contribution in [0.4, 0.5) is 21.0 Å². The number of hydrogen-bond donors (Lipinski definition) is 2. The summed E-state index contributed by atoms with van der Waals surface area (Å²) in [4.78, 5) is 27.1. The van der Waals surface area contributed by atoms with E-state index < -0.39 is 21.9 Å². The van der Waals surface area contributed by atoms with E-state index in [4.69, 9.17) is 0 Å². The zero-order valence-electron chi connectivity index (χ0n) is 13.1. The van der Waals surface area contributed by atoms with Crippen molar-refractivity contribution in [2.45, 2.75) is 6.04 Å². The Kier molecular flexibility index (Phi) is 4.18. The molecule has 2 heterocycles. The van der Waals surface area contributed by atoms with Crippen LogP contribution in [0.15, 0.2) is 35.7 Å². The Balaban J connectivity index is 1.57. The Morgan fingerprint density at radius 1 is 1.21 bits per heavy atom. The van der Waals surface area contributed by atoms with Crippen molar-refractivity contribution in [2.75, 3.05) is 36.1 Å². The van der Waals surface area contributed by atoms with Crippen molar-refractivity contribution in [3.8, 4) is 0 Å². The number of nitrogens with zero attached hydrogens (tertiary/aromatic N) is 2. The molecule has 0 aliphatic carbocycles. The number of benzene rings is 1. The summed E-state index contributed by atoms with van der Waals surface area (Å²) in [5.74, 6) is -0.121. The molecule has 9 heteroatoms. The van der Waals surface area contributed by atoms with Crippen LogP contribution in [0.3, 0.4) is 0 Å². The first-order valence-corrected chi connectivity index (χ1v) is 9.17. The van der Waals surface area contributed by atoms with Gasteiger partial charge in [0.1, 0.15) is 0 Å². The fraction of sp³-hybridized carbons (Fsp3) is 0.333. The quantitative estimate of drug-likeness (QED) is 0.849. The van der Waals surface area contributed by atoms with Gasteiger partial charge in [0.25, 0.3) is 0 Å². The third-order valence-corrected chi connectivity index (χ3v) is 5.30. The van der Waals surface area contributed by atoms with Gasteiger partial charge in [0.2, 0.25) is 0 Å². The molecule has 24 heavy (non-hydrogen) atoms. The number of urea groups is 2. The van der Waals surface area contributed by atoms with Gasteiger partial charge in [-0.2, -0.15) is 0 Å². The number of rotatable bonds is 3. The van der Waals surface area contributed by atoms with Gasteiger partial charge in [-0.05, 0) is 30.3 Å². The highest BCUT2D eigenvalue weighted by Gasteiger charge is 2.26. The molecule has 0 aromatic heterocycles. The largest absolute Gasteiger partial charge is 0.331 e. The van der Waals surface area contributed by atoms with E-state index in [-0.39, 0.29) is 11.8 Å². The van der Waals surface area contributed by atoms with Gasteiger partial charge >= 0.3 is 12.1 Å². The summed E-state index contributed by atoms with van der Waals surface area (Å²) < 4.78 is 22.6. The number of amides is 4. The first-order chi connectivity index (χ1) is 11.3. The molecule has 0 unspecified atom stereocenters. The van der Waals surface area contributed by atoms with E-state index in [1.54, 1.807) is 41.1 Å². The highest BCUT2D eigenvalue weighted by Crippen LogP contribution is 2.21. The second kappa shape index (κ2) is 6.16. The Hall–Kier alpha value is -2.55. The van der Waals surface area contributed by atoms with Crippen molar-refractivity contribution in [1.29, 1.82) is 0 Å². The standard InChI is InChI=1S/C15H18N4O4S/c1-18-7-8-19(15(18)21)13-4-2-11(3-5-13)16-14(20)17-12-6-9-24(22,23)10-12/h2-6,9,12H,7-8,10H2,1H3,(H2,16,17,20)/t12-/m0/s1. The number of hydrogen-bond acceptors (Lipinski definition) is 4. The first-order valence-electron chi connectivity index (χ1n) is 7.45. The molecular formula is C15H18N4O4S. The monoisotopic (exact) mass is 350 g/mol. The van der Waals surface area contributed by atoms with E-state index in [2.05, 4.69) is 10.6 Å². The van der Waals surface area contributed by atoms with Crippen LogP contribution in [0.5, 0.6) is 0 Å². The van der Waals surface area contributed by atoms with Crippen LogP contribution in [0, 0.1) is 0 Å². The molecule has 0 saturated carbocycles.